The minimum absolute atomic E-state index is 0.0174. The summed E-state index contributed by atoms with van der Waals surface area (Å²) in [6.07, 6.45) is -0.179. The molecule has 1 amide bonds. The van der Waals surface area contributed by atoms with Crippen LogP contribution in [-0.4, -0.2) is 49.6 Å². The average Bonchev–Trinajstić information content (AvgIpc) is 2.57. The molecule has 0 unspecified atom stereocenters. The summed E-state index contributed by atoms with van der Waals surface area (Å²) in [6, 6.07) is 0. The minimum atomic E-state index is -1.49. The molecule has 0 atom stereocenters. The van der Waals surface area contributed by atoms with Crippen LogP contribution in [0, 0.1) is 5.41 Å². The van der Waals surface area contributed by atoms with Crippen LogP contribution >= 0.6 is 0 Å². The standard InChI is InChI=1S/C11H17NO5/c1-4-16-9(14)11(10(15)17-5-2)6-8(13)12(3)7-11/h4-7H2,1-3H3. The molecule has 0 bridgehead atoms. The molecular weight excluding hydrogens is 226 g/mol. The summed E-state index contributed by atoms with van der Waals surface area (Å²) >= 11 is 0. The van der Waals surface area contributed by atoms with Crippen molar-refractivity contribution in [3.63, 3.8) is 0 Å². The first-order valence-electron chi connectivity index (χ1n) is 5.56. The molecule has 96 valence electrons. The Morgan fingerprint density at radius 1 is 1.24 bits per heavy atom. The second kappa shape index (κ2) is 5.16. The molecular formula is C11H17NO5. The Morgan fingerprint density at radius 3 is 2.00 bits per heavy atom. The Kier molecular flexibility index (Phi) is 4.09. The fourth-order valence-corrected chi connectivity index (χ4v) is 1.84. The summed E-state index contributed by atoms with van der Waals surface area (Å²) in [5, 5.41) is 0. The van der Waals surface area contributed by atoms with Crippen molar-refractivity contribution in [2.24, 2.45) is 5.41 Å². The smallest absolute Gasteiger partial charge is 0.325 e. The number of carbonyl (C=O) groups excluding carboxylic acids is 3. The molecule has 6 nitrogen and oxygen atoms in total. The number of nitrogens with zero attached hydrogens (tertiary/aromatic N) is 1. The number of hydrogen-bond acceptors (Lipinski definition) is 5. The van der Waals surface area contributed by atoms with Gasteiger partial charge in [-0.1, -0.05) is 0 Å². The second-order valence-corrected chi connectivity index (χ2v) is 3.95. The van der Waals surface area contributed by atoms with Crippen LogP contribution < -0.4 is 0 Å². The first kappa shape index (κ1) is 13.5. The van der Waals surface area contributed by atoms with E-state index in [2.05, 4.69) is 0 Å². The summed E-state index contributed by atoms with van der Waals surface area (Å²) in [5.41, 5.74) is -1.49. The van der Waals surface area contributed by atoms with Crippen molar-refractivity contribution in [3.05, 3.63) is 0 Å². The van der Waals surface area contributed by atoms with Gasteiger partial charge in [0.25, 0.3) is 0 Å². The lowest BCUT2D eigenvalue weighted by Gasteiger charge is -2.23. The third-order valence-corrected chi connectivity index (χ3v) is 2.72. The molecule has 0 radical (unpaired) electrons. The molecule has 1 saturated heterocycles. The maximum atomic E-state index is 11.9. The molecule has 0 N–H and O–H groups in total. The van der Waals surface area contributed by atoms with E-state index in [0.29, 0.717) is 0 Å². The first-order chi connectivity index (χ1) is 7.97. The summed E-state index contributed by atoms with van der Waals surface area (Å²) in [6.45, 7) is 3.65. The highest BCUT2D eigenvalue weighted by atomic mass is 16.6. The lowest BCUT2D eigenvalue weighted by molar-refractivity contribution is -0.171. The van der Waals surface area contributed by atoms with Gasteiger partial charge in [0.1, 0.15) is 0 Å². The molecule has 6 heteroatoms. The van der Waals surface area contributed by atoms with Gasteiger partial charge in [-0.05, 0) is 13.8 Å². The third-order valence-electron chi connectivity index (χ3n) is 2.72. The Morgan fingerprint density at radius 2 is 1.71 bits per heavy atom. The first-order valence-corrected chi connectivity index (χ1v) is 5.56. The average molecular weight is 243 g/mol. The molecule has 0 aromatic rings. The number of amides is 1. The molecule has 0 aromatic carbocycles. The quantitative estimate of drug-likeness (QED) is 0.511. The van der Waals surface area contributed by atoms with Crippen LogP contribution in [-0.2, 0) is 23.9 Å². The van der Waals surface area contributed by atoms with Crippen molar-refractivity contribution in [2.75, 3.05) is 26.8 Å². The second-order valence-electron chi connectivity index (χ2n) is 3.95. The summed E-state index contributed by atoms with van der Waals surface area (Å²) in [4.78, 5) is 36.6. The molecule has 1 aliphatic heterocycles. The number of carbonyl (C=O) groups is 3. The van der Waals surface area contributed by atoms with E-state index in [1.54, 1.807) is 20.9 Å². The highest BCUT2D eigenvalue weighted by Crippen LogP contribution is 2.33. The van der Waals surface area contributed by atoms with Crippen molar-refractivity contribution in [1.29, 1.82) is 0 Å². The van der Waals surface area contributed by atoms with E-state index in [4.69, 9.17) is 9.47 Å². The lowest BCUT2D eigenvalue weighted by atomic mass is 9.87. The van der Waals surface area contributed by atoms with Gasteiger partial charge >= 0.3 is 11.9 Å². The Hall–Kier alpha value is -1.59. The summed E-state index contributed by atoms with van der Waals surface area (Å²) < 4.78 is 9.75. The summed E-state index contributed by atoms with van der Waals surface area (Å²) in [7, 11) is 1.54. The summed E-state index contributed by atoms with van der Waals surface area (Å²) in [5.74, 6) is -1.63. The zero-order valence-electron chi connectivity index (χ0n) is 10.3. The molecule has 17 heavy (non-hydrogen) atoms. The van der Waals surface area contributed by atoms with Gasteiger partial charge in [-0.15, -0.1) is 0 Å². The molecule has 0 spiro atoms. The number of esters is 2. The fourth-order valence-electron chi connectivity index (χ4n) is 1.84. The number of rotatable bonds is 4. The van der Waals surface area contributed by atoms with E-state index in [-0.39, 0.29) is 32.1 Å². The van der Waals surface area contributed by atoms with Crippen molar-refractivity contribution in [3.8, 4) is 0 Å². The third kappa shape index (κ3) is 2.40. The topological polar surface area (TPSA) is 72.9 Å². The van der Waals surface area contributed by atoms with Gasteiger partial charge in [0.05, 0.1) is 19.6 Å². The molecule has 1 rings (SSSR count). The van der Waals surface area contributed by atoms with Crippen LogP contribution in [0.4, 0.5) is 0 Å². The molecule has 0 saturated carbocycles. The van der Waals surface area contributed by atoms with E-state index < -0.39 is 17.4 Å². The van der Waals surface area contributed by atoms with Gasteiger partial charge in [0.2, 0.25) is 5.91 Å². The normalized spacial score (nSPS) is 18.1. The number of ether oxygens (including phenoxy) is 2. The molecule has 1 heterocycles. The van der Waals surface area contributed by atoms with Gasteiger partial charge in [0.15, 0.2) is 5.41 Å². The van der Waals surface area contributed by atoms with Crippen LogP contribution in [0.1, 0.15) is 20.3 Å². The maximum absolute atomic E-state index is 11.9. The maximum Gasteiger partial charge on any atom is 0.325 e. The molecule has 1 aliphatic rings. The van der Waals surface area contributed by atoms with Crippen LogP contribution in [0.2, 0.25) is 0 Å². The van der Waals surface area contributed by atoms with E-state index in [9.17, 15) is 14.4 Å². The van der Waals surface area contributed by atoms with E-state index in [1.807, 2.05) is 0 Å². The lowest BCUT2D eigenvalue weighted by Crippen LogP contribution is -2.44. The van der Waals surface area contributed by atoms with Crippen LogP contribution in [0.5, 0.6) is 0 Å². The zero-order valence-corrected chi connectivity index (χ0v) is 10.3. The monoisotopic (exact) mass is 243 g/mol. The van der Waals surface area contributed by atoms with Crippen molar-refractivity contribution in [1.82, 2.24) is 4.90 Å². The van der Waals surface area contributed by atoms with Crippen molar-refractivity contribution in [2.45, 2.75) is 20.3 Å². The Balaban J connectivity index is 2.98. The zero-order chi connectivity index (χ0) is 13.1. The van der Waals surface area contributed by atoms with E-state index >= 15 is 0 Å². The van der Waals surface area contributed by atoms with Crippen molar-refractivity contribution < 1.29 is 23.9 Å². The number of likely N-dealkylation sites (tertiary alicyclic amines) is 1. The van der Waals surface area contributed by atoms with Gasteiger partial charge in [-0.3, -0.25) is 14.4 Å². The van der Waals surface area contributed by atoms with Crippen LogP contribution in [0.3, 0.4) is 0 Å². The van der Waals surface area contributed by atoms with Gasteiger partial charge in [-0.2, -0.15) is 0 Å². The Labute approximate surface area is 99.9 Å². The minimum Gasteiger partial charge on any atom is -0.465 e. The molecule has 1 fully saturated rings. The SMILES string of the molecule is CCOC(=O)C1(C(=O)OCC)CC(=O)N(C)C1. The van der Waals surface area contributed by atoms with E-state index in [0.717, 1.165) is 0 Å². The van der Waals surface area contributed by atoms with Crippen LogP contribution in [0.25, 0.3) is 0 Å². The predicted molar refractivity (Wildman–Crippen MR) is 58.0 cm³/mol. The van der Waals surface area contributed by atoms with Gasteiger partial charge in [0, 0.05) is 13.6 Å². The molecule has 0 aliphatic carbocycles. The highest BCUT2D eigenvalue weighted by molar-refractivity contribution is 6.06. The Bertz CT molecular complexity index is 321. The van der Waals surface area contributed by atoms with E-state index in [1.165, 1.54) is 4.90 Å². The molecule has 0 aromatic heterocycles. The van der Waals surface area contributed by atoms with Gasteiger partial charge < -0.3 is 14.4 Å². The van der Waals surface area contributed by atoms with Crippen molar-refractivity contribution >= 4 is 17.8 Å². The predicted octanol–water partition coefficient (Wildman–Crippen LogP) is -0.0389. The fraction of sp³-hybridized carbons (Fsp3) is 0.727. The van der Waals surface area contributed by atoms with Crippen LogP contribution in [0.15, 0.2) is 0 Å². The number of hydrogen-bond donors (Lipinski definition) is 0. The highest BCUT2D eigenvalue weighted by Gasteiger charge is 2.56. The van der Waals surface area contributed by atoms with Gasteiger partial charge in [-0.25, -0.2) is 0 Å². The largest absolute Gasteiger partial charge is 0.465 e.